The molecule has 5 rings (SSSR count). The molecule has 0 saturated heterocycles. The minimum Gasteiger partial charge on any atom is -0.497 e. The first kappa shape index (κ1) is 23.4. The first-order valence-corrected chi connectivity index (χ1v) is 12.6. The van der Waals surface area contributed by atoms with Crippen LogP contribution in [-0.2, 0) is 23.3 Å². The van der Waals surface area contributed by atoms with Crippen molar-refractivity contribution in [1.82, 2.24) is 5.32 Å². The molecule has 2 N–H and O–H groups in total. The van der Waals surface area contributed by atoms with Gasteiger partial charge in [0.05, 0.1) is 24.8 Å². The van der Waals surface area contributed by atoms with Crippen molar-refractivity contribution in [3.63, 3.8) is 0 Å². The second kappa shape index (κ2) is 9.70. The Bertz CT molecular complexity index is 1280. The summed E-state index contributed by atoms with van der Waals surface area (Å²) in [7, 11) is 1.65. The third kappa shape index (κ3) is 4.27. The van der Waals surface area contributed by atoms with Crippen molar-refractivity contribution in [2.45, 2.75) is 37.8 Å². The van der Waals surface area contributed by atoms with Gasteiger partial charge in [-0.15, -0.1) is 0 Å². The fraction of sp³-hybridized carbons (Fsp3) is 0.241. The number of fused-ring (bicyclic) bond motifs is 2. The third-order valence-corrected chi connectivity index (χ3v) is 7.70. The van der Waals surface area contributed by atoms with Gasteiger partial charge < -0.3 is 20.4 Å². The number of halogens is 1. The number of anilines is 1. The normalized spacial score (nSPS) is 16.1. The molecule has 1 spiro atoms. The van der Waals surface area contributed by atoms with Crippen LogP contribution in [0.15, 0.2) is 77.3 Å². The van der Waals surface area contributed by atoms with E-state index in [9.17, 15) is 4.79 Å². The van der Waals surface area contributed by atoms with Crippen molar-refractivity contribution in [1.29, 1.82) is 5.41 Å². The van der Waals surface area contributed by atoms with Crippen LogP contribution in [0.1, 0.15) is 41.5 Å². The number of nitrogens with one attached hydrogen (secondary N) is 2. The molecule has 178 valence electrons. The van der Waals surface area contributed by atoms with Crippen LogP contribution in [0.5, 0.6) is 5.75 Å². The topological polar surface area (TPSA) is 65.4 Å². The molecule has 5 nitrogen and oxygen atoms in total. The molecular formula is C29H28BrN3O2. The highest BCUT2D eigenvalue weighted by atomic mass is 79.9. The van der Waals surface area contributed by atoms with Crippen LogP contribution in [0, 0.1) is 5.41 Å². The van der Waals surface area contributed by atoms with Crippen molar-refractivity contribution in [3.8, 4) is 5.75 Å². The Morgan fingerprint density at radius 1 is 1.11 bits per heavy atom. The second-order valence-corrected chi connectivity index (χ2v) is 9.97. The van der Waals surface area contributed by atoms with E-state index in [0.717, 1.165) is 57.6 Å². The summed E-state index contributed by atoms with van der Waals surface area (Å²) in [5, 5.41) is 11.2. The zero-order valence-electron chi connectivity index (χ0n) is 19.7. The number of benzene rings is 3. The Morgan fingerprint density at radius 2 is 1.86 bits per heavy atom. The lowest BCUT2D eigenvalue weighted by Gasteiger charge is -2.37. The Hall–Kier alpha value is -3.38. The van der Waals surface area contributed by atoms with Crippen molar-refractivity contribution < 1.29 is 9.53 Å². The molecule has 3 aromatic rings. The van der Waals surface area contributed by atoms with Crippen LogP contribution >= 0.6 is 15.9 Å². The molecule has 1 aliphatic heterocycles. The Labute approximate surface area is 214 Å². The van der Waals surface area contributed by atoms with Gasteiger partial charge in [0.2, 0.25) is 5.91 Å². The highest BCUT2D eigenvalue weighted by Crippen LogP contribution is 2.56. The number of methoxy groups -OCH3 is 1. The number of hydrogen-bond acceptors (Lipinski definition) is 4. The number of rotatable bonds is 8. The maximum Gasteiger partial charge on any atom is 0.238 e. The molecule has 1 amide bonds. The molecular weight excluding hydrogens is 502 g/mol. The van der Waals surface area contributed by atoms with Gasteiger partial charge in [-0.2, -0.15) is 0 Å². The van der Waals surface area contributed by atoms with E-state index in [1.807, 2.05) is 47.4 Å². The Morgan fingerprint density at radius 3 is 2.49 bits per heavy atom. The standard InChI is InChI=1S/C29H28BrN3O2/c1-35-23-10-8-21(9-11-23)19-33-27-24(29(28(33)34)13-5-14-29)16-22(17-25(27)30)26(12-15-31)32-18-20-6-3-2-4-7-20/h2-4,6-12,15-17,31-32H,5,13-14,18-19H2,1H3/b26-12-,31-15?. The molecule has 1 saturated carbocycles. The molecule has 1 heterocycles. The summed E-state index contributed by atoms with van der Waals surface area (Å²) in [4.78, 5) is 15.7. The Balaban J connectivity index is 1.50. The van der Waals surface area contributed by atoms with E-state index in [2.05, 4.69) is 45.5 Å². The number of hydrogen-bond donors (Lipinski definition) is 2. The SMILES string of the molecule is COc1ccc(CN2C(=O)C3(CCC3)c3cc(/C(=C/C=N)NCc4ccccc4)cc(Br)c32)cc1. The van der Waals surface area contributed by atoms with Gasteiger partial charge in [0.15, 0.2) is 0 Å². The smallest absolute Gasteiger partial charge is 0.238 e. The van der Waals surface area contributed by atoms with Gasteiger partial charge in [-0.1, -0.05) is 48.9 Å². The van der Waals surface area contributed by atoms with E-state index in [1.54, 1.807) is 13.2 Å². The van der Waals surface area contributed by atoms with Gasteiger partial charge in [-0.3, -0.25) is 4.79 Å². The van der Waals surface area contributed by atoms with Gasteiger partial charge in [-0.05, 0) is 81.4 Å². The van der Waals surface area contributed by atoms with Crippen molar-refractivity contribution in [2.75, 3.05) is 12.0 Å². The number of amides is 1. The molecule has 0 radical (unpaired) electrons. The zero-order chi connectivity index (χ0) is 24.4. The summed E-state index contributed by atoms with van der Waals surface area (Å²) in [6.07, 6.45) is 5.87. The quantitative estimate of drug-likeness (QED) is 0.341. The van der Waals surface area contributed by atoms with Crippen LogP contribution in [0.2, 0.25) is 0 Å². The van der Waals surface area contributed by atoms with Gasteiger partial charge >= 0.3 is 0 Å². The van der Waals surface area contributed by atoms with E-state index in [0.29, 0.717) is 13.1 Å². The lowest BCUT2D eigenvalue weighted by atomic mass is 9.65. The largest absolute Gasteiger partial charge is 0.497 e. The molecule has 1 fully saturated rings. The summed E-state index contributed by atoms with van der Waals surface area (Å²) >= 11 is 3.80. The van der Waals surface area contributed by atoms with Gasteiger partial charge in [0.1, 0.15) is 5.75 Å². The average Bonchev–Trinajstić information content (AvgIpc) is 3.11. The lowest BCUT2D eigenvalue weighted by molar-refractivity contribution is -0.126. The fourth-order valence-electron chi connectivity index (χ4n) is 5.08. The first-order valence-electron chi connectivity index (χ1n) is 11.8. The summed E-state index contributed by atoms with van der Waals surface area (Å²) in [5.41, 5.74) is 5.67. The minimum absolute atomic E-state index is 0.183. The predicted octanol–water partition coefficient (Wildman–Crippen LogP) is 6.21. The maximum atomic E-state index is 13.8. The lowest BCUT2D eigenvalue weighted by Crippen LogP contribution is -2.44. The number of carbonyl (C=O) groups is 1. The molecule has 3 aromatic carbocycles. The number of carbonyl (C=O) groups excluding carboxylic acids is 1. The highest BCUT2D eigenvalue weighted by Gasteiger charge is 2.55. The summed E-state index contributed by atoms with van der Waals surface area (Å²) < 4.78 is 6.18. The molecule has 2 aliphatic rings. The molecule has 1 aliphatic carbocycles. The molecule has 35 heavy (non-hydrogen) atoms. The third-order valence-electron chi connectivity index (χ3n) is 7.10. The van der Waals surface area contributed by atoms with Gasteiger partial charge in [-0.25, -0.2) is 0 Å². The number of ether oxygens (including phenoxy) is 1. The van der Waals surface area contributed by atoms with Gasteiger partial charge in [0, 0.05) is 22.9 Å². The monoisotopic (exact) mass is 529 g/mol. The van der Waals surface area contributed by atoms with E-state index in [4.69, 9.17) is 10.1 Å². The summed E-state index contributed by atoms with van der Waals surface area (Å²) in [5.74, 6) is 0.985. The summed E-state index contributed by atoms with van der Waals surface area (Å²) in [6, 6.07) is 22.3. The Kier molecular flexibility index (Phi) is 6.48. The van der Waals surface area contributed by atoms with E-state index in [1.165, 1.54) is 11.8 Å². The predicted molar refractivity (Wildman–Crippen MR) is 144 cm³/mol. The van der Waals surface area contributed by atoms with Crippen LogP contribution in [0.3, 0.4) is 0 Å². The van der Waals surface area contributed by atoms with Gasteiger partial charge in [0.25, 0.3) is 0 Å². The van der Waals surface area contributed by atoms with Crippen LogP contribution in [-0.4, -0.2) is 19.2 Å². The van der Waals surface area contributed by atoms with E-state index >= 15 is 0 Å². The van der Waals surface area contributed by atoms with E-state index in [-0.39, 0.29) is 5.91 Å². The zero-order valence-corrected chi connectivity index (χ0v) is 21.3. The molecule has 0 aromatic heterocycles. The van der Waals surface area contributed by atoms with Crippen LogP contribution in [0.4, 0.5) is 5.69 Å². The van der Waals surface area contributed by atoms with Crippen molar-refractivity contribution in [3.05, 3.63) is 99.5 Å². The van der Waals surface area contributed by atoms with Crippen LogP contribution < -0.4 is 15.0 Å². The van der Waals surface area contributed by atoms with E-state index < -0.39 is 5.41 Å². The molecule has 6 heteroatoms. The molecule has 0 atom stereocenters. The molecule has 0 unspecified atom stereocenters. The molecule has 0 bridgehead atoms. The average molecular weight is 530 g/mol. The number of allylic oxidation sites excluding steroid dienone is 1. The highest BCUT2D eigenvalue weighted by molar-refractivity contribution is 9.10. The first-order chi connectivity index (χ1) is 17.1. The second-order valence-electron chi connectivity index (χ2n) is 9.12. The number of nitrogens with zero attached hydrogens (tertiary/aromatic N) is 1. The maximum absolute atomic E-state index is 13.8. The van der Waals surface area contributed by atoms with Crippen molar-refractivity contribution in [2.24, 2.45) is 0 Å². The van der Waals surface area contributed by atoms with Crippen molar-refractivity contribution >= 4 is 39.4 Å². The van der Waals surface area contributed by atoms with Crippen LogP contribution in [0.25, 0.3) is 5.70 Å². The summed E-state index contributed by atoms with van der Waals surface area (Å²) in [6.45, 7) is 1.17. The fourth-order valence-corrected chi connectivity index (χ4v) is 5.75. The minimum atomic E-state index is -0.449.